The standard InChI is InChI=1S/C24H20BrN3O3/c1-14-11-20-22(24(29)28(14)13-15-7-3-6-10-19(15)30-2)21(17(12-26)23(27)31-20)16-8-4-5-9-18(16)25/h3-11,21H,13,27H2,1-2H3/t21-/m1/s1. The first kappa shape index (κ1) is 20.8. The van der Waals surface area contributed by atoms with Gasteiger partial charge in [0.1, 0.15) is 23.1 Å². The topological polar surface area (TPSA) is 90.3 Å². The van der Waals surface area contributed by atoms with E-state index in [0.29, 0.717) is 29.3 Å². The first-order valence-electron chi connectivity index (χ1n) is 9.64. The summed E-state index contributed by atoms with van der Waals surface area (Å²) in [4.78, 5) is 13.8. The van der Waals surface area contributed by atoms with Gasteiger partial charge in [-0.15, -0.1) is 0 Å². The third kappa shape index (κ3) is 3.60. The van der Waals surface area contributed by atoms with Gasteiger partial charge in [-0.05, 0) is 24.6 Å². The summed E-state index contributed by atoms with van der Waals surface area (Å²) in [5.41, 5.74) is 8.81. The Morgan fingerprint density at radius 1 is 1.23 bits per heavy atom. The number of aromatic nitrogens is 1. The molecule has 1 aliphatic heterocycles. The van der Waals surface area contributed by atoms with Gasteiger partial charge < -0.3 is 19.8 Å². The van der Waals surface area contributed by atoms with Gasteiger partial charge in [0.25, 0.3) is 5.56 Å². The number of fused-ring (bicyclic) bond motifs is 1. The highest BCUT2D eigenvalue weighted by Gasteiger charge is 2.35. The number of methoxy groups -OCH3 is 1. The number of nitriles is 1. The van der Waals surface area contributed by atoms with Crippen LogP contribution >= 0.6 is 15.9 Å². The Morgan fingerprint density at radius 2 is 1.94 bits per heavy atom. The summed E-state index contributed by atoms with van der Waals surface area (Å²) in [6, 6.07) is 19.0. The number of hydrogen-bond acceptors (Lipinski definition) is 5. The lowest BCUT2D eigenvalue weighted by atomic mass is 9.84. The Morgan fingerprint density at radius 3 is 2.65 bits per heavy atom. The molecule has 1 aromatic heterocycles. The number of halogens is 1. The molecule has 1 atom stereocenters. The Bertz CT molecular complexity index is 1300. The van der Waals surface area contributed by atoms with Crippen LogP contribution in [0.25, 0.3) is 0 Å². The predicted molar refractivity (Wildman–Crippen MR) is 121 cm³/mol. The maximum atomic E-state index is 13.8. The highest BCUT2D eigenvalue weighted by Crippen LogP contribution is 2.42. The summed E-state index contributed by atoms with van der Waals surface area (Å²) in [7, 11) is 1.60. The molecule has 7 heteroatoms. The molecule has 0 bridgehead atoms. The van der Waals surface area contributed by atoms with Crippen molar-refractivity contribution < 1.29 is 9.47 Å². The Hall–Kier alpha value is -3.50. The lowest BCUT2D eigenvalue weighted by Crippen LogP contribution is -2.33. The van der Waals surface area contributed by atoms with Gasteiger partial charge in [0, 0.05) is 21.8 Å². The molecule has 0 spiro atoms. The number of nitrogens with zero attached hydrogens (tertiary/aromatic N) is 2. The van der Waals surface area contributed by atoms with Gasteiger partial charge in [-0.3, -0.25) is 4.79 Å². The predicted octanol–water partition coefficient (Wildman–Crippen LogP) is 4.19. The summed E-state index contributed by atoms with van der Waals surface area (Å²) < 4.78 is 13.6. The average Bonchev–Trinajstić information content (AvgIpc) is 2.76. The number of allylic oxidation sites excluding steroid dienone is 1. The molecule has 6 nitrogen and oxygen atoms in total. The molecular formula is C24H20BrN3O3. The van der Waals surface area contributed by atoms with Crippen molar-refractivity contribution in [3.8, 4) is 17.6 Å². The van der Waals surface area contributed by atoms with E-state index in [1.807, 2.05) is 55.5 Å². The SMILES string of the molecule is COc1ccccc1Cn1c(C)cc2c(c1=O)[C@H](c1ccccc1Br)C(C#N)=C(N)O2. The molecule has 3 aromatic rings. The lowest BCUT2D eigenvalue weighted by molar-refractivity contribution is 0.388. The molecule has 2 heterocycles. The summed E-state index contributed by atoms with van der Waals surface area (Å²) in [5.74, 6) is 0.446. The van der Waals surface area contributed by atoms with Crippen molar-refractivity contribution in [3.05, 3.63) is 103 Å². The fourth-order valence-corrected chi connectivity index (χ4v) is 4.42. The second-order valence-electron chi connectivity index (χ2n) is 7.21. The molecule has 0 radical (unpaired) electrons. The van der Waals surface area contributed by atoms with Crippen molar-refractivity contribution in [2.75, 3.05) is 7.11 Å². The number of para-hydroxylation sites is 1. The quantitative estimate of drug-likeness (QED) is 0.607. The van der Waals surface area contributed by atoms with Gasteiger partial charge in [0.15, 0.2) is 0 Å². The van der Waals surface area contributed by atoms with E-state index in [-0.39, 0.29) is 17.0 Å². The van der Waals surface area contributed by atoms with E-state index in [1.165, 1.54) is 0 Å². The summed E-state index contributed by atoms with van der Waals surface area (Å²) in [5, 5.41) is 9.82. The molecule has 0 saturated heterocycles. The van der Waals surface area contributed by atoms with Crippen molar-refractivity contribution in [3.63, 3.8) is 0 Å². The number of aryl methyl sites for hydroxylation is 1. The smallest absolute Gasteiger partial charge is 0.259 e. The van der Waals surface area contributed by atoms with Crippen molar-refractivity contribution in [2.45, 2.75) is 19.4 Å². The van der Waals surface area contributed by atoms with Crippen LogP contribution in [0.3, 0.4) is 0 Å². The fourth-order valence-electron chi connectivity index (χ4n) is 3.91. The average molecular weight is 478 g/mol. The van der Waals surface area contributed by atoms with Gasteiger partial charge in [-0.2, -0.15) is 5.26 Å². The third-order valence-electron chi connectivity index (χ3n) is 5.43. The molecule has 156 valence electrons. The molecule has 4 rings (SSSR count). The summed E-state index contributed by atoms with van der Waals surface area (Å²) in [6.45, 7) is 2.17. The zero-order chi connectivity index (χ0) is 22.1. The first-order valence-corrected chi connectivity index (χ1v) is 10.4. The number of rotatable bonds is 4. The van der Waals surface area contributed by atoms with Crippen LogP contribution in [0.4, 0.5) is 0 Å². The largest absolute Gasteiger partial charge is 0.496 e. The second kappa shape index (κ2) is 8.32. The van der Waals surface area contributed by atoms with Crippen LogP contribution in [0.15, 0.2) is 75.3 Å². The molecule has 0 fully saturated rings. The number of nitrogens with two attached hydrogens (primary N) is 1. The zero-order valence-electron chi connectivity index (χ0n) is 17.1. The normalized spacial score (nSPS) is 15.1. The summed E-state index contributed by atoms with van der Waals surface area (Å²) in [6.07, 6.45) is 0. The van der Waals surface area contributed by atoms with E-state index in [0.717, 1.165) is 15.6 Å². The van der Waals surface area contributed by atoms with Crippen LogP contribution in [-0.2, 0) is 6.54 Å². The van der Waals surface area contributed by atoms with Gasteiger partial charge >= 0.3 is 0 Å². The zero-order valence-corrected chi connectivity index (χ0v) is 18.6. The minimum Gasteiger partial charge on any atom is -0.496 e. The van der Waals surface area contributed by atoms with E-state index >= 15 is 0 Å². The highest BCUT2D eigenvalue weighted by atomic mass is 79.9. The minimum absolute atomic E-state index is 0.0111. The van der Waals surface area contributed by atoms with E-state index in [4.69, 9.17) is 15.2 Å². The molecule has 0 amide bonds. The monoisotopic (exact) mass is 477 g/mol. The molecule has 0 saturated carbocycles. The van der Waals surface area contributed by atoms with Crippen molar-refractivity contribution >= 4 is 15.9 Å². The van der Waals surface area contributed by atoms with Crippen LogP contribution in [-0.4, -0.2) is 11.7 Å². The van der Waals surface area contributed by atoms with E-state index in [1.54, 1.807) is 17.7 Å². The molecule has 0 aliphatic carbocycles. The van der Waals surface area contributed by atoms with Crippen molar-refractivity contribution in [2.24, 2.45) is 5.73 Å². The van der Waals surface area contributed by atoms with Gasteiger partial charge in [-0.1, -0.05) is 52.3 Å². The molecule has 2 aromatic carbocycles. The molecule has 1 aliphatic rings. The van der Waals surface area contributed by atoms with E-state index in [9.17, 15) is 10.1 Å². The molecule has 31 heavy (non-hydrogen) atoms. The molecule has 2 N–H and O–H groups in total. The van der Waals surface area contributed by atoms with Crippen molar-refractivity contribution in [1.29, 1.82) is 5.26 Å². The van der Waals surface area contributed by atoms with Gasteiger partial charge in [-0.25, -0.2) is 0 Å². The Labute approximate surface area is 188 Å². The van der Waals surface area contributed by atoms with E-state index < -0.39 is 5.92 Å². The van der Waals surface area contributed by atoms with Crippen LogP contribution in [0, 0.1) is 18.3 Å². The molecular weight excluding hydrogens is 458 g/mol. The highest BCUT2D eigenvalue weighted by molar-refractivity contribution is 9.10. The van der Waals surface area contributed by atoms with Gasteiger partial charge in [0.05, 0.1) is 25.1 Å². The number of ether oxygens (including phenoxy) is 2. The maximum absolute atomic E-state index is 13.8. The first-order chi connectivity index (χ1) is 15.0. The van der Waals surface area contributed by atoms with Crippen molar-refractivity contribution in [1.82, 2.24) is 4.57 Å². The lowest BCUT2D eigenvalue weighted by Gasteiger charge is -2.28. The van der Waals surface area contributed by atoms with Crippen LogP contribution < -0.4 is 20.8 Å². The maximum Gasteiger partial charge on any atom is 0.259 e. The number of pyridine rings is 1. The molecule has 0 unspecified atom stereocenters. The minimum atomic E-state index is -0.638. The fraction of sp³-hybridized carbons (Fsp3) is 0.167. The van der Waals surface area contributed by atoms with Gasteiger partial charge in [0.2, 0.25) is 5.88 Å². The Kier molecular flexibility index (Phi) is 5.57. The van der Waals surface area contributed by atoms with Crippen LogP contribution in [0.2, 0.25) is 0 Å². The third-order valence-corrected chi connectivity index (χ3v) is 6.15. The number of benzene rings is 2. The Balaban J connectivity index is 1.95. The number of hydrogen-bond donors (Lipinski definition) is 1. The van der Waals surface area contributed by atoms with Crippen LogP contribution in [0.1, 0.15) is 28.3 Å². The van der Waals surface area contributed by atoms with Crippen LogP contribution in [0.5, 0.6) is 11.5 Å². The second-order valence-corrected chi connectivity index (χ2v) is 8.07. The summed E-state index contributed by atoms with van der Waals surface area (Å²) >= 11 is 3.55. The van der Waals surface area contributed by atoms with E-state index in [2.05, 4.69) is 22.0 Å².